The summed E-state index contributed by atoms with van der Waals surface area (Å²) in [5.74, 6) is -1.21. The monoisotopic (exact) mass is 187 g/mol. The summed E-state index contributed by atoms with van der Waals surface area (Å²) in [6.45, 7) is 3.00. The fourth-order valence-corrected chi connectivity index (χ4v) is 0.601. The van der Waals surface area contributed by atoms with E-state index in [9.17, 15) is 13.2 Å². The highest BCUT2D eigenvalue weighted by Crippen LogP contribution is 2.20. The predicted molar refractivity (Wildman–Crippen MR) is 39.4 cm³/mol. The Morgan fingerprint density at radius 2 is 1.91 bits per heavy atom. The minimum absolute atomic E-state index is 0.518. The Morgan fingerprint density at radius 1 is 1.45 bits per heavy atom. The van der Waals surface area contributed by atoms with Gasteiger partial charge < -0.3 is 4.74 Å². The van der Waals surface area contributed by atoms with Gasteiger partial charge in [0, 0.05) is 0 Å². The Morgan fingerprint density at radius 3 is 2.00 bits per heavy atom. The van der Waals surface area contributed by atoms with Gasteiger partial charge in [0.2, 0.25) is 0 Å². The molecule has 0 saturated heterocycles. The Balaban J connectivity index is 4.21. The maximum absolute atomic E-state index is 11.8. The van der Waals surface area contributed by atoms with Crippen LogP contribution in [0.3, 0.4) is 0 Å². The first-order chi connectivity index (χ1) is 4.88. The van der Waals surface area contributed by atoms with E-state index in [0.29, 0.717) is 0 Å². The predicted octanol–water partition coefficient (Wildman–Crippen LogP) is 2.16. The summed E-state index contributed by atoms with van der Waals surface area (Å²) in [4.78, 5) is 0. The third-order valence-corrected chi connectivity index (χ3v) is 0.942. The zero-order valence-corrected chi connectivity index (χ0v) is 7.30. The van der Waals surface area contributed by atoms with E-state index in [2.05, 4.69) is 9.50 Å². The molecule has 0 saturated carbocycles. The number of nitrogens with zero attached hydrogens (tertiary/aromatic N) is 1. The summed E-state index contributed by atoms with van der Waals surface area (Å²) in [6, 6.07) is 0. The van der Waals surface area contributed by atoms with E-state index in [1.807, 2.05) is 0 Å². The molecule has 0 spiro atoms. The first-order valence-corrected chi connectivity index (χ1v) is 3.41. The summed E-state index contributed by atoms with van der Waals surface area (Å²) in [5.41, 5.74) is 0. The molecule has 11 heavy (non-hydrogen) atoms. The van der Waals surface area contributed by atoms with Crippen LogP contribution < -0.4 is 0 Å². The number of alkyl halides is 3. The van der Waals surface area contributed by atoms with Gasteiger partial charge in [0.15, 0.2) is 0 Å². The lowest BCUT2D eigenvalue weighted by Crippen LogP contribution is -2.27. The van der Waals surface area contributed by atoms with Crippen LogP contribution in [0.5, 0.6) is 0 Å². The van der Waals surface area contributed by atoms with Crippen LogP contribution in [0.25, 0.3) is 0 Å². The van der Waals surface area contributed by atoms with Crippen molar-refractivity contribution in [2.75, 3.05) is 0 Å². The SMILES string of the molecule is CC(C)O/C(=N\P)C(F)(F)F. The van der Waals surface area contributed by atoms with Gasteiger partial charge in [0.05, 0.1) is 6.10 Å². The molecular formula is C5H9F3NOP. The number of ether oxygens (including phenoxy) is 1. The smallest absolute Gasteiger partial charge is 0.468 e. The molecule has 0 aromatic carbocycles. The van der Waals surface area contributed by atoms with Gasteiger partial charge in [-0.05, 0) is 23.2 Å². The Hall–Kier alpha value is -0.310. The molecule has 6 heteroatoms. The third kappa shape index (κ3) is 4.19. The second kappa shape index (κ2) is 3.90. The maximum Gasteiger partial charge on any atom is 0.468 e. The van der Waals surface area contributed by atoms with Crippen LogP contribution in [0.1, 0.15) is 13.8 Å². The zero-order chi connectivity index (χ0) is 9.07. The molecule has 0 N–H and O–H groups in total. The van der Waals surface area contributed by atoms with Crippen molar-refractivity contribution in [2.45, 2.75) is 26.1 Å². The van der Waals surface area contributed by atoms with E-state index in [1.165, 1.54) is 13.8 Å². The molecule has 0 aromatic heterocycles. The molecule has 0 amide bonds. The summed E-state index contributed by atoms with van der Waals surface area (Å²) in [7, 11) is 1.61. The average molecular weight is 187 g/mol. The first kappa shape index (κ1) is 10.7. The molecule has 0 fully saturated rings. The van der Waals surface area contributed by atoms with E-state index in [4.69, 9.17) is 0 Å². The largest absolute Gasteiger partial charge is 0.472 e. The molecule has 66 valence electrons. The fraction of sp³-hybridized carbons (Fsp3) is 0.800. The molecule has 0 bridgehead atoms. The van der Waals surface area contributed by atoms with Gasteiger partial charge in [-0.25, -0.2) is 4.76 Å². The van der Waals surface area contributed by atoms with Crippen LogP contribution in [0, 0.1) is 0 Å². The van der Waals surface area contributed by atoms with E-state index in [1.54, 1.807) is 9.39 Å². The lowest BCUT2D eigenvalue weighted by atomic mass is 10.5. The molecule has 0 aliphatic carbocycles. The Labute approximate surface area is 65.1 Å². The van der Waals surface area contributed by atoms with Crippen molar-refractivity contribution in [2.24, 2.45) is 4.76 Å². The third-order valence-electron chi connectivity index (χ3n) is 0.707. The van der Waals surface area contributed by atoms with Crippen LogP contribution in [-0.4, -0.2) is 18.2 Å². The van der Waals surface area contributed by atoms with Crippen molar-refractivity contribution in [1.29, 1.82) is 0 Å². The van der Waals surface area contributed by atoms with Crippen LogP contribution in [0.4, 0.5) is 13.2 Å². The normalized spacial score (nSPS) is 13.9. The van der Waals surface area contributed by atoms with E-state index >= 15 is 0 Å². The highest BCUT2D eigenvalue weighted by Gasteiger charge is 2.38. The van der Waals surface area contributed by atoms with Gasteiger partial charge in [-0.2, -0.15) is 13.2 Å². The van der Waals surface area contributed by atoms with Crippen molar-refractivity contribution in [3.8, 4) is 0 Å². The minimum atomic E-state index is -4.49. The van der Waals surface area contributed by atoms with Crippen LogP contribution in [0.2, 0.25) is 0 Å². The summed E-state index contributed by atoms with van der Waals surface area (Å²) in [5, 5.41) is 0. The highest BCUT2D eigenvalue weighted by atomic mass is 31.0. The minimum Gasteiger partial charge on any atom is -0.472 e. The number of hydrogen-bond acceptors (Lipinski definition) is 2. The number of halogens is 3. The van der Waals surface area contributed by atoms with Gasteiger partial charge in [0.1, 0.15) is 0 Å². The van der Waals surface area contributed by atoms with Crippen molar-refractivity contribution >= 4 is 15.3 Å². The number of hydrogen-bond donors (Lipinski definition) is 0. The average Bonchev–Trinajstić information content (AvgIpc) is 1.79. The van der Waals surface area contributed by atoms with E-state index in [-0.39, 0.29) is 0 Å². The van der Waals surface area contributed by atoms with Crippen molar-refractivity contribution in [3.05, 3.63) is 0 Å². The second-order valence-electron chi connectivity index (χ2n) is 2.10. The van der Waals surface area contributed by atoms with Gasteiger partial charge in [-0.3, -0.25) is 0 Å². The molecular weight excluding hydrogens is 178 g/mol. The van der Waals surface area contributed by atoms with E-state index < -0.39 is 18.2 Å². The standard InChI is InChI=1S/C5H9F3NOP/c1-3(2)10-4(9-11)5(6,7)8/h3H,11H2,1-2H3/b9-4-. The van der Waals surface area contributed by atoms with Gasteiger partial charge in [-0.1, -0.05) is 0 Å². The Bertz CT molecular complexity index is 154. The van der Waals surface area contributed by atoms with Crippen LogP contribution >= 0.6 is 9.39 Å². The van der Waals surface area contributed by atoms with E-state index in [0.717, 1.165) is 0 Å². The fourth-order valence-electron chi connectivity index (χ4n) is 0.394. The lowest BCUT2D eigenvalue weighted by Gasteiger charge is -2.13. The second-order valence-corrected chi connectivity index (χ2v) is 2.36. The topological polar surface area (TPSA) is 21.6 Å². The molecule has 0 aromatic rings. The summed E-state index contributed by atoms with van der Waals surface area (Å²) in [6.07, 6.45) is -5.01. The molecule has 1 atom stereocenters. The number of rotatable bonds is 1. The summed E-state index contributed by atoms with van der Waals surface area (Å²) < 4.78 is 42.7. The van der Waals surface area contributed by atoms with Crippen molar-refractivity contribution in [1.82, 2.24) is 0 Å². The molecule has 0 radical (unpaired) electrons. The van der Waals surface area contributed by atoms with Crippen LogP contribution in [-0.2, 0) is 4.74 Å². The molecule has 0 aliphatic heterocycles. The first-order valence-electron chi connectivity index (χ1n) is 2.89. The molecule has 0 aliphatic rings. The van der Waals surface area contributed by atoms with Gasteiger partial charge in [-0.15, -0.1) is 0 Å². The van der Waals surface area contributed by atoms with Crippen LogP contribution in [0.15, 0.2) is 4.76 Å². The zero-order valence-electron chi connectivity index (χ0n) is 6.14. The van der Waals surface area contributed by atoms with Crippen molar-refractivity contribution in [3.63, 3.8) is 0 Å². The highest BCUT2D eigenvalue weighted by molar-refractivity contribution is 7.15. The molecule has 1 unspecified atom stereocenters. The van der Waals surface area contributed by atoms with Gasteiger partial charge >= 0.3 is 6.18 Å². The quantitative estimate of drug-likeness (QED) is 0.350. The Kier molecular flexibility index (Phi) is 3.79. The lowest BCUT2D eigenvalue weighted by molar-refractivity contribution is -0.0813. The summed E-state index contributed by atoms with van der Waals surface area (Å²) >= 11 is 0. The van der Waals surface area contributed by atoms with Crippen molar-refractivity contribution < 1.29 is 17.9 Å². The van der Waals surface area contributed by atoms with Gasteiger partial charge in [0.25, 0.3) is 5.90 Å². The molecule has 0 rings (SSSR count). The molecule has 2 nitrogen and oxygen atoms in total. The molecule has 0 heterocycles. The maximum atomic E-state index is 11.8.